The van der Waals surface area contributed by atoms with E-state index in [9.17, 15) is 0 Å². The van der Waals surface area contributed by atoms with Gasteiger partial charge < -0.3 is 20.7 Å². The molecule has 0 radical (unpaired) electrons. The quantitative estimate of drug-likeness (QED) is 0.514. The van der Waals surface area contributed by atoms with Crippen molar-refractivity contribution in [1.29, 1.82) is 0 Å². The normalized spacial score (nSPS) is 13.5. The van der Waals surface area contributed by atoms with Gasteiger partial charge in [-0.15, -0.1) is 0 Å². The Morgan fingerprint density at radius 1 is 1.29 bits per heavy atom. The van der Waals surface area contributed by atoms with Crippen LogP contribution >= 0.6 is 0 Å². The zero-order valence-corrected chi connectivity index (χ0v) is 9.75. The average Bonchev–Trinajstić information content (AvgIpc) is 2.08. The first kappa shape index (κ1) is 13.8. The smallest absolute Gasteiger partial charge is 0.0593 e. The Morgan fingerprint density at radius 2 is 2.00 bits per heavy atom. The molecule has 0 bridgehead atoms. The molecule has 0 heterocycles. The molecule has 4 nitrogen and oxygen atoms in total. The highest BCUT2D eigenvalue weighted by Gasteiger charge is 1.93. The Kier molecular flexibility index (Phi) is 9.29. The number of nitrogens with two attached hydrogens (primary N) is 1. The minimum Gasteiger partial charge on any atom is -0.379 e. The van der Waals surface area contributed by atoms with E-state index in [0.717, 1.165) is 39.3 Å². The lowest BCUT2D eigenvalue weighted by atomic mass is 10.2. The average molecular weight is 203 g/mol. The van der Waals surface area contributed by atoms with Crippen molar-refractivity contribution < 1.29 is 4.74 Å². The molecule has 1 unspecified atom stereocenters. The summed E-state index contributed by atoms with van der Waals surface area (Å²) < 4.78 is 5.42. The molecule has 0 aliphatic rings. The lowest BCUT2D eigenvalue weighted by molar-refractivity contribution is 0.119. The summed E-state index contributed by atoms with van der Waals surface area (Å²) in [7, 11) is 4.09. The van der Waals surface area contributed by atoms with Gasteiger partial charge in [0.2, 0.25) is 0 Å². The van der Waals surface area contributed by atoms with Crippen LogP contribution in [0.1, 0.15) is 13.3 Å². The fourth-order valence-corrected chi connectivity index (χ4v) is 0.948. The first-order valence-electron chi connectivity index (χ1n) is 5.31. The van der Waals surface area contributed by atoms with Crippen LogP contribution in [0.2, 0.25) is 0 Å². The maximum Gasteiger partial charge on any atom is 0.0593 e. The van der Waals surface area contributed by atoms with Crippen molar-refractivity contribution in [2.24, 2.45) is 5.73 Å². The van der Waals surface area contributed by atoms with Gasteiger partial charge in [-0.05, 0) is 34.0 Å². The van der Waals surface area contributed by atoms with Gasteiger partial charge in [0.05, 0.1) is 13.2 Å². The maximum absolute atomic E-state index is 5.61. The predicted molar refractivity (Wildman–Crippen MR) is 60.5 cm³/mol. The summed E-state index contributed by atoms with van der Waals surface area (Å²) in [5.41, 5.74) is 5.61. The minimum atomic E-state index is 0.289. The standard InChI is InChI=1S/C10H25N3O/c1-10(11)4-5-12-6-8-14-9-7-13(2)3/h10,12H,4-9,11H2,1-3H3. The SMILES string of the molecule is CC(N)CCNCCOCCN(C)C. The summed E-state index contributed by atoms with van der Waals surface area (Å²) in [6.45, 7) is 6.50. The molecule has 0 aliphatic heterocycles. The van der Waals surface area contributed by atoms with Crippen molar-refractivity contribution in [2.45, 2.75) is 19.4 Å². The van der Waals surface area contributed by atoms with Crippen molar-refractivity contribution in [3.05, 3.63) is 0 Å². The molecule has 1 atom stereocenters. The van der Waals surface area contributed by atoms with Gasteiger partial charge in [-0.2, -0.15) is 0 Å². The Balaban J connectivity index is 2.92. The largest absolute Gasteiger partial charge is 0.379 e. The van der Waals surface area contributed by atoms with Crippen LogP contribution in [0.25, 0.3) is 0 Å². The van der Waals surface area contributed by atoms with Crippen LogP contribution in [-0.2, 0) is 4.74 Å². The van der Waals surface area contributed by atoms with Crippen LogP contribution in [0.5, 0.6) is 0 Å². The number of rotatable bonds is 9. The third-order valence-corrected chi connectivity index (χ3v) is 1.88. The first-order chi connectivity index (χ1) is 6.63. The summed E-state index contributed by atoms with van der Waals surface area (Å²) in [6.07, 6.45) is 1.03. The maximum atomic E-state index is 5.61. The van der Waals surface area contributed by atoms with Crippen LogP contribution in [-0.4, -0.2) is 57.9 Å². The van der Waals surface area contributed by atoms with Crippen LogP contribution in [0.4, 0.5) is 0 Å². The van der Waals surface area contributed by atoms with Gasteiger partial charge in [0.25, 0.3) is 0 Å². The molecule has 0 spiro atoms. The Morgan fingerprint density at radius 3 is 2.57 bits per heavy atom. The van der Waals surface area contributed by atoms with E-state index in [0.29, 0.717) is 0 Å². The second-order valence-electron chi connectivity index (χ2n) is 3.93. The fraction of sp³-hybridized carbons (Fsp3) is 1.00. The second-order valence-corrected chi connectivity index (χ2v) is 3.93. The molecular formula is C10H25N3O. The molecule has 0 amide bonds. The predicted octanol–water partition coefficient (Wildman–Crippen LogP) is -0.108. The van der Waals surface area contributed by atoms with Crippen LogP contribution < -0.4 is 11.1 Å². The summed E-state index contributed by atoms with van der Waals surface area (Å²) in [6, 6.07) is 0.289. The molecule has 0 aromatic carbocycles. The van der Waals surface area contributed by atoms with E-state index in [1.165, 1.54) is 0 Å². The molecule has 0 aliphatic carbocycles. The molecule has 0 aromatic heterocycles. The topological polar surface area (TPSA) is 50.5 Å². The first-order valence-corrected chi connectivity index (χ1v) is 5.31. The molecule has 0 rings (SSSR count). The Hall–Kier alpha value is -0.160. The van der Waals surface area contributed by atoms with E-state index in [1.807, 2.05) is 21.0 Å². The Bertz CT molecular complexity index is 104. The lowest BCUT2D eigenvalue weighted by Gasteiger charge is -2.10. The highest BCUT2D eigenvalue weighted by Crippen LogP contribution is 1.82. The molecule has 0 fully saturated rings. The molecule has 3 N–H and O–H groups in total. The molecule has 0 saturated carbocycles. The van der Waals surface area contributed by atoms with E-state index >= 15 is 0 Å². The van der Waals surface area contributed by atoms with Crippen molar-refractivity contribution in [3.8, 4) is 0 Å². The van der Waals surface area contributed by atoms with Gasteiger partial charge in [0.15, 0.2) is 0 Å². The van der Waals surface area contributed by atoms with Gasteiger partial charge in [0.1, 0.15) is 0 Å². The van der Waals surface area contributed by atoms with E-state index in [-0.39, 0.29) is 6.04 Å². The monoisotopic (exact) mass is 203 g/mol. The highest BCUT2D eigenvalue weighted by atomic mass is 16.5. The highest BCUT2D eigenvalue weighted by molar-refractivity contribution is 4.55. The van der Waals surface area contributed by atoms with E-state index in [1.54, 1.807) is 0 Å². The van der Waals surface area contributed by atoms with Crippen molar-refractivity contribution in [3.63, 3.8) is 0 Å². The van der Waals surface area contributed by atoms with Gasteiger partial charge in [0, 0.05) is 19.1 Å². The fourth-order valence-electron chi connectivity index (χ4n) is 0.948. The zero-order chi connectivity index (χ0) is 10.8. The molecular weight excluding hydrogens is 178 g/mol. The summed E-state index contributed by atoms with van der Waals surface area (Å²) in [5, 5.41) is 3.29. The molecule has 0 saturated heterocycles. The molecule has 4 heteroatoms. The van der Waals surface area contributed by atoms with Gasteiger partial charge in [-0.3, -0.25) is 0 Å². The lowest BCUT2D eigenvalue weighted by Crippen LogP contribution is -2.27. The number of likely N-dealkylation sites (N-methyl/N-ethyl adjacent to an activating group) is 1. The van der Waals surface area contributed by atoms with Crippen LogP contribution in [0.15, 0.2) is 0 Å². The number of hydrogen-bond acceptors (Lipinski definition) is 4. The Labute approximate surface area is 87.8 Å². The molecule has 0 aromatic rings. The van der Waals surface area contributed by atoms with Gasteiger partial charge >= 0.3 is 0 Å². The van der Waals surface area contributed by atoms with Crippen molar-refractivity contribution in [2.75, 3.05) is 46.9 Å². The van der Waals surface area contributed by atoms with Crippen molar-refractivity contribution >= 4 is 0 Å². The number of ether oxygens (including phenoxy) is 1. The second kappa shape index (κ2) is 9.40. The van der Waals surface area contributed by atoms with Gasteiger partial charge in [-0.25, -0.2) is 0 Å². The van der Waals surface area contributed by atoms with E-state index < -0.39 is 0 Å². The van der Waals surface area contributed by atoms with E-state index in [2.05, 4.69) is 10.2 Å². The summed E-state index contributed by atoms with van der Waals surface area (Å²) in [5.74, 6) is 0. The van der Waals surface area contributed by atoms with Crippen LogP contribution in [0.3, 0.4) is 0 Å². The number of nitrogens with one attached hydrogen (secondary N) is 1. The zero-order valence-electron chi connectivity index (χ0n) is 9.75. The number of nitrogens with zero attached hydrogens (tertiary/aromatic N) is 1. The third-order valence-electron chi connectivity index (χ3n) is 1.88. The molecule has 14 heavy (non-hydrogen) atoms. The number of hydrogen-bond donors (Lipinski definition) is 2. The summed E-state index contributed by atoms with van der Waals surface area (Å²) >= 11 is 0. The van der Waals surface area contributed by atoms with Crippen molar-refractivity contribution in [1.82, 2.24) is 10.2 Å². The summed E-state index contributed by atoms with van der Waals surface area (Å²) in [4.78, 5) is 2.11. The van der Waals surface area contributed by atoms with E-state index in [4.69, 9.17) is 10.5 Å². The minimum absolute atomic E-state index is 0.289. The third kappa shape index (κ3) is 11.8. The molecule has 86 valence electrons. The van der Waals surface area contributed by atoms with Gasteiger partial charge in [-0.1, -0.05) is 0 Å². The van der Waals surface area contributed by atoms with Crippen LogP contribution in [0, 0.1) is 0 Å².